The molecule has 8 aromatic rings. The molecule has 8 rings (SSSR count). The Morgan fingerprint density at radius 2 is 0.571 bits per heavy atom. The van der Waals surface area contributed by atoms with E-state index in [2.05, 4.69) is 283 Å². The van der Waals surface area contributed by atoms with Gasteiger partial charge in [-0.15, -0.1) is 0 Å². The Labute approximate surface area is 567 Å². The summed E-state index contributed by atoms with van der Waals surface area (Å²) in [6, 6.07) is 43.1. The zero-order chi connectivity index (χ0) is 73.7. The standard InChI is InChI=1S/C25H36.C24H34.C21H28.C20H28N/c1-10-24(6,7)22-15-19(5)21(16-23(22)25(8,9)11-2)20-13-12-17(3)14-18(20)4;1-9-23(5,6)21-15-18(4)20(16-22(21)24(7,8)10-2)19-14-12-11-13-17(19)3;1-8-21(6,7)20-13-16(4)19(12-17(20)5)18-10-9-14(2)11-15(18)3;1-8-20(5,6)18-13-21(7)19(12-16(18)4)17-10-9-14(2)11-15(17)3/h12-16H,10-11H2,1-9H3;11-16H,9-10H2,1-8H3;2*9-13H,8H2,1-7H3/q;;;+1/i3D3;;;2D3. The summed E-state index contributed by atoms with van der Waals surface area (Å²) in [7, 11) is 2.06. The molecule has 0 atom stereocenters. The smallest absolute Gasteiger partial charge is 0.201 e. The van der Waals surface area contributed by atoms with E-state index in [1.165, 1.54) is 106 Å². The molecule has 91 heavy (non-hydrogen) atoms. The largest absolute Gasteiger partial charge is 0.212 e. The summed E-state index contributed by atoms with van der Waals surface area (Å²) >= 11 is 0. The number of hydrogen-bond acceptors (Lipinski definition) is 0. The Kier molecular flexibility index (Phi) is 21.9. The van der Waals surface area contributed by atoms with E-state index in [1.54, 1.807) is 18.2 Å². The molecular formula is C90H126N+. The maximum atomic E-state index is 7.68. The minimum atomic E-state index is -2.07. The number of rotatable bonds is 16. The van der Waals surface area contributed by atoms with Crippen molar-refractivity contribution in [2.75, 3.05) is 0 Å². The van der Waals surface area contributed by atoms with Gasteiger partial charge in [0.15, 0.2) is 6.20 Å². The second-order valence-electron chi connectivity index (χ2n) is 30.9. The van der Waals surface area contributed by atoms with Gasteiger partial charge in [0.1, 0.15) is 7.05 Å². The summed E-state index contributed by atoms with van der Waals surface area (Å²) in [6.45, 7) is 59.1. The first-order valence-corrected chi connectivity index (χ1v) is 34.4. The van der Waals surface area contributed by atoms with Crippen LogP contribution in [-0.2, 0) is 39.5 Å². The summed E-state index contributed by atoms with van der Waals surface area (Å²) in [5.41, 5.74) is 33.2. The van der Waals surface area contributed by atoms with Gasteiger partial charge < -0.3 is 0 Å². The fourth-order valence-corrected chi connectivity index (χ4v) is 12.8. The fraction of sp³-hybridized carbons (Fsp3) is 0.478. The third kappa shape index (κ3) is 17.7. The van der Waals surface area contributed by atoms with E-state index in [9.17, 15) is 0 Å². The summed E-state index contributed by atoms with van der Waals surface area (Å²) in [6.07, 6.45) is 8.92. The van der Waals surface area contributed by atoms with Crippen LogP contribution < -0.4 is 4.57 Å². The normalized spacial score (nSPS) is 13.4. The molecule has 490 valence electrons. The predicted octanol–water partition coefficient (Wildman–Crippen LogP) is 26.1. The zero-order valence-electron chi connectivity index (χ0n) is 68.8. The van der Waals surface area contributed by atoms with Crippen molar-refractivity contribution in [3.05, 3.63) is 228 Å². The van der Waals surface area contributed by atoms with E-state index < -0.39 is 13.7 Å². The lowest BCUT2D eigenvalue weighted by Gasteiger charge is -2.35. The van der Waals surface area contributed by atoms with E-state index in [1.807, 2.05) is 32.0 Å². The summed E-state index contributed by atoms with van der Waals surface area (Å²) in [4.78, 5) is 0. The third-order valence-corrected chi connectivity index (χ3v) is 21.6. The van der Waals surface area contributed by atoms with Gasteiger partial charge >= 0.3 is 0 Å². The van der Waals surface area contributed by atoms with Crippen LogP contribution in [0.5, 0.6) is 0 Å². The van der Waals surface area contributed by atoms with Crippen LogP contribution in [0.2, 0.25) is 0 Å². The minimum Gasteiger partial charge on any atom is -0.201 e. The maximum absolute atomic E-state index is 7.68. The van der Waals surface area contributed by atoms with Crippen LogP contribution in [0.4, 0.5) is 0 Å². The van der Waals surface area contributed by atoms with E-state index in [-0.39, 0.29) is 32.5 Å². The van der Waals surface area contributed by atoms with Crippen LogP contribution in [0.15, 0.2) is 128 Å². The van der Waals surface area contributed by atoms with E-state index in [4.69, 9.17) is 8.22 Å². The number of benzene rings is 7. The molecule has 1 heterocycles. The van der Waals surface area contributed by atoms with Crippen molar-refractivity contribution in [1.82, 2.24) is 0 Å². The highest BCUT2D eigenvalue weighted by molar-refractivity contribution is 5.75. The molecule has 0 aliphatic rings. The number of nitrogens with zero attached hydrogens (tertiary/aromatic N) is 1. The Bertz CT molecular complexity index is 4040. The number of hydrogen-bond donors (Lipinski definition) is 0. The van der Waals surface area contributed by atoms with Crippen LogP contribution in [0.3, 0.4) is 0 Å². The summed E-state index contributed by atoms with van der Waals surface area (Å²) in [5, 5.41) is 0. The Morgan fingerprint density at radius 3 is 0.956 bits per heavy atom. The van der Waals surface area contributed by atoms with Crippen molar-refractivity contribution in [2.24, 2.45) is 7.05 Å². The van der Waals surface area contributed by atoms with Crippen molar-refractivity contribution >= 4 is 0 Å². The monoisotopic (exact) mass is 1230 g/mol. The molecule has 0 radical (unpaired) electrons. The van der Waals surface area contributed by atoms with Crippen molar-refractivity contribution < 1.29 is 12.8 Å². The van der Waals surface area contributed by atoms with Gasteiger partial charge in [0, 0.05) is 25.4 Å². The topological polar surface area (TPSA) is 3.88 Å². The lowest BCUT2D eigenvalue weighted by molar-refractivity contribution is -0.661. The first-order chi connectivity index (χ1) is 44.6. The van der Waals surface area contributed by atoms with Gasteiger partial charge in [-0.25, -0.2) is 4.57 Å². The summed E-state index contributed by atoms with van der Waals surface area (Å²) < 4.78 is 47.9. The van der Waals surface area contributed by atoms with Gasteiger partial charge in [-0.05, 0) is 271 Å². The molecule has 0 bridgehead atoms. The quantitative estimate of drug-likeness (QED) is 0.0849. The summed E-state index contributed by atoms with van der Waals surface area (Å²) in [5.74, 6) is 0. The molecule has 0 saturated heterocycles. The number of aryl methyl sites for hydroxylation is 13. The van der Waals surface area contributed by atoms with Crippen LogP contribution in [0.25, 0.3) is 44.6 Å². The molecule has 0 N–H and O–H groups in total. The molecule has 0 aliphatic heterocycles. The predicted molar refractivity (Wildman–Crippen MR) is 405 cm³/mol. The Hall–Kier alpha value is -6.31. The third-order valence-electron chi connectivity index (χ3n) is 21.6. The second kappa shape index (κ2) is 30.2. The van der Waals surface area contributed by atoms with Crippen LogP contribution in [0.1, 0.15) is 272 Å². The lowest BCUT2D eigenvalue weighted by atomic mass is 9.70. The molecule has 0 amide bonds. The average molecular weight is 1230 g/mol. The van der Waals surface area contributed by atoms with Crippen molar-refractivity contribution in [3.63, 3.8) is 0 Å². The SMILES string of the molecule is CCC(C)(C)c1cc(C)c(-c2ccc(C)cc2C)cc1C.CCC(C)(C)c1cc(C)c(-c2ccccc2C)cc1C(C)(C)CC.[2H]C([2H])([2H])c1ccc(-c2cc(C(C)(C)CC)c(C(C)(C)CC)cc2C)c(C)c1.[2H]C([2H])([2H])c1ccc(-c2cc(C)c(C(C)(C)CC)c[n+]2C)c(C)c1. The second-order valence-corrected chi connectivity index (χ2v) is 30.9. The molecule has 0 unspecified atom stereocenters. The van der Waals surface area contributed by atoms with Crippen LogP contribution in [-0.4, -0.2) is 0 Å². The van der Waals surface area contributed by atoms with E-state index >= 15 is 0 Å². The van der Waals surface area contributed by atoms with E-state index in [0.29, 0.717) is 11.1 Å². The van der Waals surface area contributed by atoms with Crippen LogP contribution >= 0.6 is 0 Å². The van der Waals surface area contributed by atoms with Crippen molar-refractivity contribution in [3.8, 4) is 44.6 Å². The van der Waals surface area contributed by atoms with Gasteiger partial charge in [0.05, 0.1) is 0 Å². The van der Waals surface area contributed by atoms with E-state index in [0.717, 1.165) is 66.5 Å². The molecular weight excluding hydrogens is 1090 g/mol. The van der Waals surface area contributed by atoms with Gasteiger partial charge in [-0.1, -0.05) is 251 Å². The molecule has 0 spiro atoms. The highest BCUT2D eigenvalue weighted by Gasteiger charge is 2.33. The van der Waals surface area contributed by atoms with Crippen LogP contribution in [0, 0.1) is 82.9 Å². The van der Waals surface area contributed by atoms with Gasteiger partial charge in [0.2, 0.25) is 5.69 Å². The first-order valence-electron chi connectivity index (χ1n) is 37.4. The Balaban J connectivity index is 0.000000235. The molecule has 0 fully saturated rings. The zero-order valence-corrected chi connectivity index (χ0v) is 62.8. The molecule has 1 nitrogen and oxygen atoms in total. The molecule has 0 aliphatic carbocycles. The van der Waals surface area contributed by atoms with Gasteiger partial charge in [-0.2, -0.15) is 0 Å². The fourth-order valence-electron chi connectivity index (χ4n) is 12.8. The first kappa shape index (κ1) is 66.2. The molecule has 1 aromatic heterocycles. The molecule has 1 heteroatoms. The highest BCUT2D eigenvalue weighted by Crippen LogP contribution is 2.44. The maximum Gasteiger partial charge on any atom is 0.212 e. The lowest BCUT2D eigenvalue weighted by Crippen LogP contribution is -2.34. The number of aromatic nitrogens is 1. The van der Waals surface area contributed by atoms with Crippen molar-refractivity contribution in [1.29, 1.82) is 0 Å². The number of pyridine rings is 1. The van der Waals surface area contributed by atoms with Gasteiger partial charge in [-0.3, -0.25) is 0 Å². The molecule has 7 aromatic carbocycles. The minimum absolute atomic E-state index is 0.0801. The van der Waals surface area contributed by atoms with Crippen molar-refractivity contribution in [2.45, 2.75) is 279 Å². The highest BCUT2D eigenvalue weighted by atomic mass is 14.9. The van der Waals surface area contributed by atoms with Gasteiger partial charge in [0.25, 0.3) is 0 Å². The average Bonchev–Trinajstić information content (AvgIpc) is 0.712. The Morgan fingerprint density at radius 1 is 0.275 bits per heavy atom. The molecule has 0 saturated carbocycles.